The minimum atomic E-state index is 0.333. The summed E-state index contributed by atoms with van der Waals surface area (Å²) in [7, 11) is 1.76. The summed E-state index contributed by atoms with van der Waals surface area (Å²) in [5.74, 6) is 0. The second-order valence-corrected chi connectivity index (χ2v) is 2.90. The summed E-state index contributed by atoms with van der Waals surface area (Å²) >= 11 is 0. The minimum absolute atomic E-state index is 0.333. The number of methoxy groups -OCH3 is 1. The predicted molar refractivity (Wildman–Crippen MR) is 40.0 cm³/mol. The van der Waals surface area contributed by atoms with E-state index in [0.29, 0.717) is 18.3 Å². The Morgan fingerprint density at radius 1 is 1.60 bits per heavy atom. The molecule has 1 saturated heterocycles. The molecular weight excluding hydrogens is 128 g/mol. The van der Waals surface area contributed by atoms with Gasteiger partial charge >= 0.3 is 0 Å². The highest BCUT2D eigenvalue weighted by Gasteiger charge is 2.31. The Bertz CT molecular complexity index is 91.4. The molecule has 0 saturated carbocycles. The summed E-state index contributed by atoms with van der Waals surface area (Å²) in [5, 5.41) is 0. The molecule has 0 N–H and O–H groups in total. The number of ether oxygens (including phenoxy) is 2. The van der Waals surface area contributed by atoms with Gasteiger partial charge < -0.3 is 9.47 Å². The predicted octanol–water partition coefficient (Wildman–Crippen LogP) is 1.59. The van der Waals surface area contributed by atoms with Gasteiger partial charge in [0.25, 0.3) is 0 Å². The van der Waals surface area contributed by atoms with Crippen molar-refractivity contribution in [3.05, 3.63) is 0 Å². The molecular formula is C8H16O2. The Balaban J connectivity index is 2.41. The highest BCUT2D eigenvalue weighted by molar-refractivity contribution is 4.79. The fourth-order valence-electron chi connectivity index (χ4n) is 1.53. The first-order valence-corrected chi connectivity index (χ1v) is 3.96. The van der Waals surface area contributed by atoms with Crippen molar-refractivity contribution in [2.24, 2.45) is 0 Å². The summed E-state index contributed by atoms with van der Waals surface area (Å²) in [6.45, 7) is 4.23. The van der Waals surface area contributed by atoms with E-state index in [1.165, 1.54) is 0 Å². The van der Waals surface area contributed by atoms with Crippen LogP contribution in [0.1, 0.15) is 26.7 Å². The molecule has 0 spiro atoms. The maximum absolute atomic E-state index is 5.59. The normalized spacial score (nSPS) is 40.5. The standard InChI is InChI=1S/C8H16O2/c1-4-7-8(9-3)5-6(2)10-7/h6-8H,4-5H2,1-3H3/t6-,7+,8?/m0/s1. The Morgan fingerprint density at radius 2 is 2.30 bits per heavy atom. The first-order chi connectivity index (χ1) is 4.77. The van der Waals surface area contributed by atoms with Crippen LogP contribution in [0.2, 0.25) is 0 Å². The maximum Gasteiger partial charge on any atom is 0.0857 e. The lowest BCUT2D eigenvalue weighted by atomic mass is 10.1. The number of hydrogen-bond acceptors (Lipinski definition) is 2. The van der Waals surface area contributed by atoms with Gasteiger partial charge in [-0.05, 0) is 13.3 Å². The second kappa shape index (κ2) is 3.35. The third kappa shape index (κ3) is 1.50. The van der Waals surface area contributed by atoms with Crippen molar-refractivity contribution in [3.8, 4) is 0 Å². The summed E-state index contributed by atoms with van der Waals surface area (Å²) in [4.78, 5) is 0. The molecule has 1 aliphatic heterocycles. The van der Waals surface area contributed by atoms with E-state index in [0.717, 1.165) is 12.8 Å². The lowest BCUT2D eigenvalue weighted by Gasteiger charge is -2.13. The van der Waals surface area contributed by atoms with E-state index in [4.69, 9.17) is 9.47 Å². The van der Waals surface area contributed by atoms with Gasteiger partial charge in [-0.1, -0.05) is 6.92 Å². The van der Waals surface area contributed by atoms with E-state index < -0.39 is 0 Å². The molecule has 60 valence electrons. The van der Waals surface area contributed by atoms with Crippen molar-refractivity contribution in [2.45, 2.75) is 45.0 Å². The van der Waals surface area contributed by atoms with Crippen molar-refractivity contribution in [3.63, 3.8) is 0 Å². The van der Waals surface area contributed by atoms with E-state index in [1.807, 2.05) is 0 Å². The van der Waals surface area contributed by atoms with Crippen LogP contribution >= 0.6 is 0 Å². The molecule has 0 amide bonds. The fraction of sp³-hybridized carbons (Fsp3) is 1.00. The van der Waals surface area contributed by atoms with Gasteiger partial charge in [-0.2, -0.15) is 0 Å². The summed E-state index contributed by atoms with van der Waals surface area (Å²) < 4.78 is 10.8. The quantitative estimate of drug-likeness (QED) is 0.586. The molecule has 1 fully saturated rings. The SMILES string of the molecule is CC[C@H]1O[C@@H](C)CC1OC. The van der Waals surface area contributed by atoms with Gasteiger partial charge in [0.15, 0.2) is 0 Å². The van der Waals surface area contributed by atoms with E-state index in [-0.39, 0.29) is 0 Å². The number of hydrogen-bond donors (Lipinski definition) is 0. The fourth-order valence-corrected chi connectivity index (χ4v) is 1.53. The second-order valence-electron chi connectivity index (χ2n) is 2.90. The molecule has 0 aromatic heterocycles. The molecule has 3 atom stereocenters. The minimum Gasteiger partial charge on any atom is -0.379 e. The molecule has 0 aromatic rings. The van der Waals surface area contributed by atoms with Crippen molar-refractivity contribution in [1.82, 2.24) is 0 Å². The zero-order valence-electron chi connectivity index (χ0n) is 6.96. The molecule has 0 aliphatic carbocycles. The van der Waals surface area contributed by atoms with Crippen molar-refractivity contribution in [2.75, 3.05) is 7.11 Å². The molecule has 1 rings (SSSR count). The summed E-state index contributed by atoms with van der Waals surface area (Å²) in [5.41, 5.74) is 0. The summed E-state index contributed by atoms with van der Waals surface area (Å²) in [6, 6.07) is 0. The molecule has 0 bridgehead atoms. The van der Waals surface area contributed by atoms with Gasteiger partial charge in [0.05, 0.1) is 18.3 Å². The van der Waals surface area contributed by atoms with Crippen LogP contribution in [0.25, 0.3) is 0 Å². The Labute approximate surface area is 62.5 Å². The van der Waals surface area contributed by atoms with Crippen molar-refractivity contribution < 1.29 is 9.47 Å². The van der Waals surface area contributed by atoms with Crippen LogP contribution in [0, 0.1) is 0 Å². The van der Waals surface area contributed by atoms with Gasteiger partial charge in [-0.25, -0.2) is 0 Å². The number of rotatable bonds is 2. The van der Waals surface area contributed by atoms with Gasteiger partial charge in [0.1, 0.15) is 0 Å². The first-order valence-electron chi connectivity index (χ1n) is 3.96. The van der Waals surface area contributed by atoms with E-state index in [9.17, 15) is 0 Å². The molecule has 2 nitrogen and oxygen atoms in total. The topological polar surface area (TPSA) is 18.5 Å². The highest BCUT2D eigenvalue weighted by atomic mass is 16.6. The average Bonchev–Trinajstić information content (AvgIpc) is 2.30. The van der Waals surface area contributed by atoms with Crippen LogP contribution in [-0.4, -0.2) is 25.4 Å². The Hall–Kier alpha value is -0.0800. The molecule has 0 radical (unpaired) electrons. The van der Waals surface area contributed by atoms with Crippen LogP contribution in [0.3, 0.4) is 0 Å². The molecule has 10 heavy (non-hydrogen) atoms. The molecule has 1 heterocycles. The third-order valence-corrected chi connectivity index (χ3v) is 2.09. The highest BCUT2D eigenvalue weighted by Crippen LogP contribution is 2.24. The Kier molecular flexibility index (Phi) is 2.69. The average molecular weight is 144 g/mol. The van der Waals surface area contributed by atoms with Gasteiger partial charge in [0.2, 0.25) is 0 Å². The van der Waals surface area contributed by atoms with Crippen LogP contribution in [-0.2, 0) is 9.47 Å². The van der Waals surface area contributed by atoms with Crippen LogP contribution < -0.4 is 0 Å². The van der Waals surface area contributed by atoms with Gasteiger partial charge in [-0.3, -0.25) is 0 Å². The molecule has 2 heteroatoms. The van der Waals surface area contributed by atoms with Gasteiger partial charge in [-0.15, -0.1) is 0 Å². The van der Waals surface area contributed by atoms with E-state index in [1.54, 1.807) is 7.11 Å². The van der Waals surface area contributed by atoms with Crippen molar-refractivity contribution in [1.29, 1.82) is 0 Å². The van der Waals surface area contributed by atoms with E-state index >= 15 is 0 Å². The molecule has 1 aliphatic rings. The lowest BCUT2D eigenvalue weighted by molar-refractivity contribution is -0.00251. The zero-order chi connectivity index (χ0) is 7.56. The van der Waals surface area contributed by atoms with Crippen LogP contribution in [0.5, 0.6) is 0 Å². The lowest BCUT2D eigenvalue weighted by Crippen LogP contribution is -2.21. The van der Waals surface area contributed by atoms with Gasteiger partial charge in [0, 0.05) is 13.5 Å². The summed E-state index contributed by atoms with van der Waals surface area (Å²) in [6.07, 6.45) is 3.16. The van der Waals surface area contributed by atoms with Crippen molar-refractivity contribution >= 4 is 0 Å². The van der Waals surface area contributed by atoms with Crippen LogP contribution in [0.15, 0.2) is 0 Å². The first kappa shape index (κ1) is 8.02. The smallest absolute Gasteiger partial charge is 0.0857 e. The van der Waals surface area contributed by atoms with E-state index in [2.05, 4.69) is 13.8 Å². The largest absolute Gasteiger partial charge is 0.379 e. The monoisotopic (exact) mass is 144 g/mol. The maximum atomic E-state index is 5.59. The molecule has 0 aromatic carbocycles. The molecule has 1 unspecified atom stereocenters. The Morgan fingerprint density at radius 3 is 2.70 bits per heavy atom. The third-order valence-electron chi connectivity index (χ3n) is 2.09. The zero-order valence-corrected chi connectivity index (χ0v) is 6.96. The van der Waals surface area contributed by atoms with Crippen LogP contribution in [0.4, 0.5) is 0 Å².